The van der Waals surface area contributed by atoms with E-state index in [1.165, 1.54) is 11.1 Å². The molecule has 0 spiro atoms. The average Bonchev–Trinajstić information content (AvgIpc) is 2.73. The van der Waals surface area contributed by atoms with Gasteiger partial charge in [0, 0.05) is 45.3 Å². The Morgan fingerprint density at radius 3 is 2.18 bits per heavy atom. The van der Waals surface area contributed by atoms with E-state index in [0.717, 1.165) is 32.7 Å². The van der Waals surface area contributed by atoms with E-state index in [1.54, 1.807) is 0 Å². The van der Waals surface area contributed by atoms with E-state index in [1.807, 2.05) is 34.1 Å². The van der Waals surface area contributed by atoms with Crippen LogP contribution >= 0.6 is 0 Å². The first-order valence-corrected chi connectivity index (χ1v) is 10.2. The number of amides is 2. The van der Waals surface area contributed by atoms with Crippen molar-refractivity contribution in [2.24, 2.45) is 0 Å². The van der Waals surface area contributed by atoms with Crippen LogP contribution in [0, 0.1) is 0 Å². The molecule has 1 aliphatic heterocycles. The summed E-state index contributed by atoms with van der Waals surface area (Å²) >= 11 is 0. The van der Waals surface area contributed by atoms with Gasteiger partial charge in [0.25, 0.3) is 0 Å². The molecule has 2 aromatic carbocycles. The second-order valence-electron chi connectivity index (χ2n) is 7.59. The minimum absolute atomic E-state index is 0.151. The smallest absolute Gasteiger partial charge is 0.320 e. The maximum Gasteiger partial charge on any atom is 0.320 e. The normalized spacial score (nSPS) is 15.3. The Morgan fingerprint density at radius 2 is 1.57 bits per heavy atom. The van der Waals surface area contributed by atoms with E-state index in [9.17, 15) is 4.79 Å². The van der Waals surface area contributed by atoms with Crippen molar-refractivity contribution in [2.75, 3.05) is 32.7 Å². The molecule has 0 aliphatic carbocycles. The number of urea groups is 1. The van der Waals surface area contributed by atoms with Crippen LogP contribution in [0.15, 0.2) is 66.7 Å². The van der Waals surface area contributed by atoms with Gasteiger partial charge in [0.1, 0.15) is 0 Å². The molecule has 28 heavy (non-hydrogen) atoms. The highest BCUT2D eigenvalue weighted by molar-refractivity contribution is 5.75. The van der Waals surface area contributed by atoms with Gasteiger partial charge < -0.3 is 9.80 Å². The minimum Gasteiger partial charge on any atom is -0.322 e. The van der Waals surface area contributed by atoms with Gasteiger partial charge in [-0.05, 0) is 25.0 Å². The van der Waals surface area contributed by atoms with Crippen LogP contribution in [0.1, 0.15) is 25.0 Å². The summed E-state index contributed by atoms with van der Waals surface area (Å²) in [6.45, 7) is 9.18. The number of benzene rings is 2. The van der Waals surface area contributed by atoms with E-state index in [0.29, 0.717) is 6.54 Å². The second kappa shape index (κ2) is 10.1. The highest BCUT2D eigenvalue weighted by Crippen LogP contribution is 2.13. The summed E-state index contributed by atoms with van der Waals surface area (Å²) in [4.78, 5) is 19.4. The van der Waals surface area contributed by atoms with Crippen molar-refractivity contribution in [1.29, 1.82) is 0 Å². The molecule has 0 radical (unpaired) electrons. The van der Waals surface area contributed by atoms with Crippen LogP contribution in [-0.4, -0.2) is 59.5 Å². The first kappa shape index (κ1) is 20.2. The van der Waals surface area contributed by atoms with Crippen molar-refractivity contribution in [3.05, 3.63) is 77.9 Å². The fourth-order valence-corrected chi connectivity index (χ4v) is 3.46. The highest BCUT2D eigenvalue weighted by Gasteiger charge is 2.26. The van der Waals surface area contributed by atoms with Crippen LogP contribution in [0.2, 0.25) is 0 Å². The lowest BCUT2D eigenvalue weighted by Crippen LogP contribution is -2.53. The Balaban J connectivity index is 1.50. The standard InChI is InChI=1S/C24H31N3O/c1-21(2)27(20-23-12-7-4-8-13-23)24(28)26-18-16-25(17-19-26)15-9-14-22-10-5-3-6-11-22/h3-14,21H,15-20H2,1-2H3/b14-9+. The average molecular weight is 378 g/mol. The number of piperazine rings is 1. The molecule has 1 aliphatic rings. The zero-order chi connectivity index (χ0) is 19.8. The third kappa shape index (κ3) is 5.70. The summed E-state index contributed by atoms with van der Waals surface area (Å²) in [6, 6.07) is 20.9. The lowest BCUT2D eigenvalue weighted by atomic mass is 10.2. The number of rotatable bonds is 6. The van der Waals surface area contributed by atoms with E-state index < -0.39 is 0 Å². The second-order valence-corrected chi connectivity index (χ2v) is 7.59. The van der Waals surface area contributed by atoms with Crippen molar-refractivity contribution in [2.45, 2.75) is 26.4 Å². The molecule has 2 aromatic rings. The maximum atomic E-state index is 13.1. The zero-order valence-electron chi connectivity index (χ0n) is 17.0. The number of nitrogens with zero attached hydrogens (tertiary/aromatic N) is 3. The van der Waals surface area contributed by atoms with Gasteiger partial charge in [-0.15, -0.1) is 0 Å². The molecule has 3 rings (SSSR count). The van der Waals surface area contributed by atoms with Gasteiger partial charge in [0.15, 0.2) is 0 Å². The number of hydrogen-bond acceptors (Lipinski definition) is 2. The number of hydrogen-bond donors (Lipinski definition) is 0. The van der Waals surface area contributed by atoms with Gasteiger partial charge in [0.2, 0.25) is 0 Å². The van der Waals surface area contributed by atoms with E-state index >= 15 is 0 Å². The predicted octanol–water partition coefficient (Wildman–Crippen LogP) is 4.35. The molecular weight excluding hydrogens is 346 g/mol. The Labute approximate surface area is 169 Å². The molecule has 0 bridgehead atoms. The molecule has 0 atom stereocenters. The maximum absolute atomic E-state index is 13.1. The molecule has 1 heterocycles. The predicted molar refractivity (Wildman–Crippen MR) is 116 cm³/mol. The summed E-state index contributed by atoms with van der Waals surface area (Å²) in [7, 11) is 0. The third-order valence-electron chi connectivity index (χ3n) is 5.18. The lowest BCUT2D eigenvalue weighted by Gasteiger charge is -2.38. The van der Waals surface area contributed by atoms with Gasteiger partial charge in [-0.1, -0.05) is 72.8 Å². The molecule has 1 fully saturated rings. The van der Waals surface area contributed by atoms with Crippen LogP contribution in [0.25, 0.3) is 6.08 Å². The molecule has 148 valence electrons. The van der Waals surface area contributed by atoms with Crippen molar-refractivity contribution in [3.63, 3.8) is 0 Å². The Morgan fingerprint density at radius 1 is 0.964 bits per heavy atom. The molecule has 0 saturated carbocycles. The zero-order valence-corrected chi connectivity index (χ0v) is 17.0. The minimum atomic E-state index is 0.151. The molecular formula is C24H31N3O. The fourth-order valence-electron chi connectivity index (χ4n) is 3.46. The van der Waals surface area contributed by atoms with Crippen LogP contribution in [0.3, 0.4) is 0 Å². The summed E-state index contributed by atoms with van der Waals surface area (Å²) in [5.41, 5.74) is 2.40. The van der Waals surface area contributed by atoms with Crippen LogP contribution in [0.4, 0.5) is 4.79 Å². The van der Waals surface area contributed by atoms with Gasteiger partial charge >= 0.3 is 6.03 Å². The number of carbonyl (C=O) groups is 1. The van der Waals surface area contributed by atoms with Crippen molar-refractivity contribution >= 4 is 12.1 Å². The monoisotopic (exact) mass is 377 g/mol. The summed E-state index contributed by atoms with van der Waals surface area (Å²) in [5.74, 6) is 0. The lowest BCUT2D eigenvalue weighted by molar-refractivity contribution is 0.106. The van der Waals surface area contributed by atoms with Crippen molar-refractivity contribution in [1.82, 2.24) is 14.7 Å². The van der Waals surface area contributed by atoms with Gasteiger partial charge in [-0.2, -0.15) is 0 Å². The fraction of sp³-hybridized carbons (Fsp3) is 0.375. The molecule has 1 saturated heterocycles. The van der Waals surface area contributed by atoms with Crippen molar-refractivity contribution < 1.29 is 4.79 Å². The summed E-state index contributed by atoms with van der Waals surface area (Å²) < 4.78 is 0. The van der Waals surface area contributed by atoms with Gasteiger partial charge in [-0.25, -0.2) is 4.79 Å². The molecule has 4 heteroatoms. The molecule has 0 aromatic heterocycles. The Bertz CT molecular complexity index is 750. The van der Waals surface area contributed by atoms with Gasteiger partial charge in [-0.3, -0.25) is 4.90 Å². The number of carbonyl (C=O) groups excluding carboxylic acids is 1. The van der Waals surface area contributed by atoms with Crippen LogP contribution in [0.5, 0.6) is 0 Å². The van der Waals surface area contributed by atoms with E-state index in [2.05, 4.69) is 67.3 Å². The molecule has 2 amide bonds. The van der Waals surface area contributed by atoms with Crippen LogP contribution in [-0.2, 0) is 6.54 Å². The first-order valence-electron chi connectivity index (χ1n) is 10.2. The third-order valence-corrected chi connectivity index (χ3v) is 5.18. The van der Waals surface area contributed by atoms with Crippen molar-refractivity contribution in [3.8, 4) is 0 Å². The Kier molecular flexibility index (Phi) is 7.26. The van der Waals surface area contributed by atoms with E-state index in [-0.39, 0.29) is 12.1 Å². The Hall–Kier alpha value is -2.59. The summed E-state index contributed by atoms with van der Waals surface area (Å²) in [6.07, 6.45) is 4.38. The SMILES string of the molecule is CC(C)N(Cc1ccccc1)C(=O)N1CCN(C/C=C/c2ccccc2)CC1. The largest absolute Gasteiger partial charge is 0.322 e. The van der Waals surface area contributed by atoms with Gasteiger partial charge in [0.05, 0.1) is 0 Å². The molecule has 0 unspecified atom stereocenters. The van der Waals surface area contributed by atoms with Crippen LogP contribution < -0.4 is 0 Å². The first-order chi connectivity index (χ1) is 13.6. The quantitative estimate of drug-likeness (QED) is 0.748. The topological polar surface area (TPSA) is 26.8 Å². The molecule has 0 N–H and O–H groups in total. The summed E-state index contributed by atoms with van der Waals surface area (Å²) in [5, 5.41) is 0. The highest BCUT2D eigenvalue weighted by atomic mass is 16.2. The molecule has 4 nitrogen and oxygen atoms in total. The van der Waals surface area contributed by atoms with E-state index in [4.69, 9.17) is 0 Å².